The van der Waals surface area contributed by atoms with Crippen LogP contribution in [0.25, 0.3) is 0 Å². The Bertz CT molecular complexity index is 1310. The van der Waals surface area contributed by atoms with Crippen molar-refractivity contribution in [3.8, 4) is 0 Å². The Labute approximate surface area is 400 Å². The first-order chi connectivity index (χ1) is 32.0. The Morgan fingerprint density at radius 2 is 0.631 bits per heavy atom. The molecule has 0 saturated carbocycles. The summed E-state index contributed by atoms with van der Waals surface area (Å²) in [5.74, 6) is -0.922. The summed E-state index contributed by atoms with van der Waals surface area (Å²) in [6.07, 6.45) is 69.7. The number of unbranched alkanes of at least 4 members (excludes halogenated alkanes) is 20. The quantitative estimate of drug-likeness (QED) is 0.0262. The van der Waals surface area contributed by atoms with Gasteiger partial charge in [0.05, 0.1) is 0 Å². The van der Waals surface area contributed by atoms with Gasteiger partial charge in [0.15, 0.2) is 6.10 Å². The van der Waals surface area contributed by atoms with Crippen molar-refractivity contribution in [1.82, 2.24) is 0 Å². The molecule has 0 aliphatic rings. The van der Waals surface area contributed by atoms with E-state index in [2.05, 4.69) is 118 Å². The second kappa shape index (κ2) is 52.9. The molecular formula is C59H98O6. The Hall–Kier alpha value is -3.67. The van der Waals surface area contributed by atoms with Crippen LogP contribution in [0.15, 0.2) is 97.2 Å². The number of esters is 3. The minimum absolute atomic E-state index is 0.0875. The smallest absolute Gasteiger partial charge is 0.306 e. The number of carbonyl (C=O) groups excluding carboxylic acids is 3. The molecule has 0 radical (unpaired) electrons. The lowest BCUT2D eigenvalue weighted by molar-refractivity contribution is -0.167. The summed E-state index contributed by atoms with van der Waals surface area (Å²) in [7, 11) is 0. The molecule has 0 aliphatic heterocycles. The van der Waals surface area contributed by atoms with E-state index in [0.717, 1.165) is 141 Å². The van der Waals surface area contributed by atoms with Crippen LogP contribution in [0.1, 0.15) is 239 Å². The van der Waals surface area contributed by atoms with E-state index >= 15 is 0 Å². The summed E-state index contributed by atoms with van der Waals surface area (Å²) in [6.45, 7) is 6.41. The van der Waals surface area contributed by atoms with E-state index in [1.54, 1.807) is 0 Å². The van der Waals surface area contributed by atoms with Gasteiger partial charge < -0.3 is 14.2 Å². The molecule has 0 spiro atoms. The van der Waals surface area contributed by atoms with Crippen molar-refractivity contribution < 1.29 is 28.6 Å². The molecule has 0 aromatic carbocycles. The fraction of sp³-hybridized carbons (Fsp3) is 0.678. The van der Waals surface area contributed by atoms with Gasteiger partial charge in [0, 0.05) is 19.3 Å². The molecule has 370 valence electrons. The summed E-state index contributed by atoms with van der Waals surface area (Å²) in [5, 5.41) is 0. The van der Waals surface area contributed by atoms with Gasteiger partial charge in [0.1, 0.15) is 13.2 Å². The molecule has 0 aromatic heterocycles. The van der Waals surface area contributed by atoms with Crippen molar-refractivity contribution in [1.29, 1.82) is 0 Å². The second-order valence-electron chi connectivity index (χ2n) is 17.4. The first-order valence-corrected chi connectivity index (χ1v) is 26.7. The molecule has 0 heterocycles. The van der Waals surface area contributed by atoms with E-state index in [0.29, 0.717) is 19.3 Å². The molecule has 0 N–H and O–H groups in total. The fourth-order valence-corrected chi connectivity index (χ4v) is 7.07. The Morgan fingerprint density at radius 3 is 1.00 bits per heavy atom. The third-order valence-corrected chi connectivity index (χ3v) is 11.1. The monoisotopic (exact) mass is 903 g/mol. The number of rotatable bonds is 47. The maximum atomic E-state index is 12.8. The standard InChI is InChI=1S/C59H98O6/c1-4-7-10-13-16-19-21-23-24-25-26-27-28-29-30-31-32-33-34-36-37-40-43-46-49-52-58(61)64-55-56(54-63-57(60)51-48-45-42-39-18-15-12-9-6-3)65-59(62)53-50-47-44-41-38-35-22-20-17-14-11-8-5-2/h7,10-11,14,16,19-20,22-24,26-27,29-30,32-33,56H,4-6,8-9,12-13,15,17-18,21,25,28,31,34-55H2,1-3H3/b10-7-,14-11-,19-16-,22-20-,24-23-,27-26-,30-29-,33-32-. The summed E-state index contributed by atoms with van der Waals surface area (Å²) < 4.78 is 16.7. The number of hydrogen-bond acceptors (Lipinski definition) is 6. The lowest BCUT2D eigenvalue weighted by atomic mass is 10.1. The lowest BCUT2D eigenvalue weighted by Crippen LogP contribution is -2.30. The van der Waals surface area contributed by atoms with Gasteiger partial charge in [-0.2, -0.15) is 0 Å². The Kier molecular flexibility index (Phi) is 50.0. The van der Waals surface area contributed by atoms with Crippen LogP contribution in [0.3, 0.4) is 0 Å². The van der Waals surface area contributed by atoms with Gasteiger partial charge in [-0.05, 0) is 96.3 Å². The van der Waals surface area contributed by atoms with Gasteiger partial charge in [-0.15, -0.1) is 0 Å². The predicted octanol–water partition coefficient (Wildman–Crippen LogP) is 17.8. The van der Waals surface area contributed by atoms with Crippen LogP contribution >= 0.6 is 0 Å². The topological polar surface area (TPSA) is 78.9 Å². The highest BCUT2D eigenvalue weighted by Gasteiger charge is 2.19. The van der Waals surface area contributed by atoms with Crippen molar-refractivity contribution in [2.45, 2.75) is 245 Å². The minimum atomic E-state index is -0.789. The van der Waals surface area contributed by atoms with Crippen LogP contribution in [0.4, 0.5) is 0 Å². The Morgan fingerprint density at radius 1 is 0.323 bits per heavy atom. The van der Waals surface area contributed by atoms with Gasteiger partial charge in [-0.3, -0.25) is 14.4 Å². The van der Waals surface area contributed by atoms with Gasteiger partial charge in [-0.1, -0.05) is 221 Å². The SMILES string of the molecule is CC/C=C\C/C=C\C/C=C\C/C=C\C/C=C\C/C=C\CCCCCCCCC(=O)OCC(COC(=O)CCCCCCCCCCC)OC(=O)CCCCCCC/C=C\C/C=C\CCC. The van der Waals surface area contributed by atoms with Gasteiger partial charge >= 0.3 is 17.9 Å². The van der Waals surface area contributed by atoms with Crippen LogP contribution in [-0.2, 0) is 28.6 Å². The molecule has 0 rings (SSSR count). The summed E-state index contributed by atoms with van der Waals surface area (Å²) in [6, 6.07) is 0. The van der Waals surface area contributed by atoms with Gasteiger partial charge in [-0.25, -0.2) is 0 Å². The molecule has 1 atom stereocenters. The zero-order valence-corrected chi connectivity index (χ0v) is 42.2. The maximum Gasteiger partial charge on any atom is 0.306 e. The van der Waals surface area contributed by atoms with E-state index < -0.39 is 6.10 Å². The van der Waals surface area contributed by atoms with E-state index in [4.69, 9.17) is 14.2 Å². The van der Waals surface area contributed by atoms with E-state index in [9.17, 15) is 14.4 Å². The highest BCUT2D eigenvalue weighted by Crippen LogP contribution is 2.14. The first kappa shape index (κ1) is 61.3. The van der Waals surface area contributed by atoms with Crippen molar-refractivity contribution >= 4 is 17.9 Å². The lowest BCUT2D eigenvalue weighted by Gasteiger charge is -2.18. The van der Waals surface area contributed by atoms with Crippen molar-refractivity contribution in [2.75, 3.05) is 13.2 Å². The average molecular weight is 903 g/mol. The molecule has 6 nitrogen and oxygen atoms in total. The molecule has 0 fully saturated rings. The third kappa shape index (κ3) is 51.2. The molecule has 0 aliphatic carbocycles. The van der Waals surface area contributed by atoms with Crippen LogP contribution in [0.5, 0.6) is 0 Å². The van der Waals surface area contributed by atoms with Gasteiger partial charge in [0.2, 0.25) is 0 Å². The average Bonchev–Trinajstić information content (AvgIpc) is 3.30. The molecule has 0 aromatic rings. The van der Waals surface area contributed by atoms with Crippen LogP contribution < -0.4 is 0 Å². The van der Waals surface area contributed by atoms with E-state index in [1.807, 2.05) is 0 Å². The summed E-state index contributed by atoms with van der Waals surface area (Å²) >= 11 is 0. The van der Waals surface area contributed by atoms with Gasteiger partial charge in [0.25, 0.3) is 0 Å². The van der Waals surface area contributed by atoms with Crippen molar-refractivity contribution in [2.24, 2.45) is 0 Å². The number of allylic oxidation sites excluding steroid dienone is 16. The Balaban J connectivity index is 4.30. The summed E-state index contributed by atoms with van der Waals surface area (Å²) in [5.41, 5.74) is 0. The highest BCUT2D eigenvalue weighted by molar-refractivity contribution is 5.71. The molecule has 0 saturated heterocycles. The second-order valence-corrected chi connectivity index (χ2v) is 17.4. The van der Waals surface area contributed by atoms with E-state index in [-0.39, 0.29) is 31.1 Å². The van der Waals surface area contributed by atoms with E-state index in [1.165, 1.54) is 57.8 Å². The number of carbonyl (C=O) groups is 3. The van der Waals surface area contributed by atoms with Crippen LogP contribution in [0.2, 0.25) is 0 Å². The van der Waals surface area contributed by atoms with Crippen molar-refractivity contribution in [3.63, 3.8) is 0 Å². The normalized spacial score (nSPS) is 12.8. The van der Waals surface area contributed by atoms with Crippen LogP contribution in [-0.4, -0.2) is 37.2 Å². The largest absolute Gasteiger partial charge is 0.462 e. The zero-order valence-electron chi connectivity index (χ0n) is 42.2. The minimum Gasteiger partial charge on any atom is -0.462 e. The number of hydrogen-bond donors (Lipinski definition) is 0. The predicted molar refractivity (Wildman–Crippen MR) is 279 cm³/mol. The molecular weight excluding hydrogens is 805 g/mol. The molecule has 6 heteroatoms. The first-order valence-electron chi connectivity index (χ1n) is 26.7. The fourth-order valence-electron chi connectivity index (χ4n) is 7.07. The zero-order chi connectivity index (χ0) is 47.2. The number of ether oxygens (including phenoxy) is 3. The molecule has 65 heavy (non-hydrogen) atoms. The van der Waals surface area contributed by atoms with Crippen molar-refractivity contribution in [3.05, 3.63) is 97.2 Å². The molecule has 1 unspecified atom stereocenters. The summed E-state index contributed by atoms with van der Waals surface area (Å²) in [4.78, 5) is 37.9. The molecule has 0 amide bonds. The molecule has 0 bridgehead atoms. The van der Waals surface area contributed by atoms with Crippen LogP contribution in [0, 0.1) is 0 Å². The maximum absolute atomic E-state index is 12.8. The highest BCUT2D eigenvalue weighted by atomic mass is 16.6. The third-order valence-electron chi connectivity index (χ3n) is 11.1.